The number of aromatic nitrogens is 2. The van der Waals surface area contributed by atoms with E-state index in [0.717, 1.165) is 6.20 Å². The molecular weight excluding hydrogens is 420 g/mol. The van der Waals surface area contributed by atoms with E-state index in [2.05, 4.69) is 15.6 Å². The lowest BCUT2D eigenvalue weighted by Crippen LogP contribution is -2.17. The molecule has 0 saturated heterocycles. The number of nitrogens with one attached hydrogen (secondary N) is 1. The quantitative estimate of drug-likeness (QED) is 0.322. The number of amides is 1. The number of nitro groups is 2. The van der Waals surface area contributed by atoms with Crippen molar-refractivity contribution < 1.29 is 19.4 Å². The molecule has 0 saturated carbocycles. The summed E-state index contributed by atoms with van der Waals surface area (Å²) >= 11 is 0. The van der Waals surface area contributed by atoms with Crippen molar-refractivity contribution in [2.24, 2.45) is 5.10 Å². The summed E-state index contributed by atoms with van der Waals surface area (Å²) in [5.74, 6) is -0.0433. The molecule has 32 heavy (non-hydrogen) atoms. The summed E-state index contributed by atoms with van der Waals surface area (Å²) in [6, 6.07) is 9.29. The minimum absolute atomic E-state index is 0.107. The van der Waals surface area contributed by atoms with Gasteiger partial charge in [-0.3, -0.25) is 29.7 Å². The van der Waals surface area contributed by atoms with E-state index < -0.39 is 15.8 Å². The number of rotatable bonds is 8. The Morgan fingerprint density at radius 1 is 1.22 bits per heavy atom. The van der Waals surface area contributed by atoms with E-state index in [1.807, 2.05) is 0 Å². The molecule has 0 aliphatic heterocycles. The largest absolute Gasteiger partial charge is 0.496 e. The molecule has 3 rings (SSSR count). The van der Waals surface area contributed by atoms with Crippen LogP contribution in [0.25, 0.3) is 0 Å². The number of methoxy groups -OCH3 is 1. The highest BCUT2D eigenvalue weighted by Gasteiger charge is 2.15. The number of carbonyl (C=O) groups is 1. The van der Waals surface area contributed by atoms with Crippen LogP contribution < -0.4 is 10.2 Å². The smallest absolute Gasteiger partial charge is 0.307 e. The lowest BCUT2D eigenvalue weighted by molar-refractivity contribution is -0.385. The molecule has 0 unspecified atom stereocenters. The van der Waals surface area contributed by atoms with Crippen molar-refractivity contribution in [3.05, 3.63) is 91.3 Å². The Morgan fingerprint density at radius 3 is 2.66 bits per heavy atom. The van der Waals surface area contributed by atoms with Gasteiger partial charge in [-0.15, -0.1) is 0 Å². The van der Waals surface area contributed by atoms with Crippen LogP contribution >= 0.6 is 0 Å². The van der Waals surface area contributed by atoms with Crippen molar-refractivity contribution in [1.29, 1.82) is 0 Å². The van der Waals surface area contributed by atoms with Gasteiger partial charge in [0.15, 0.2) is 0 Å². The Bertz CT molecular complexity index is 1220. The van der Waals surface area contributed by atoms with E-state index in [1.165, 1.54) is 42.4 Å². The van der Waals surface area contributed by atoms with Crippen molar-refractivity contribution in [3.63, 3.8) is 0 Å². The molecule has 0 bridgehead atoms. The molecule has 3 aromatic rings. The van der Waals surface area contributed by atoms with Gasteiger partial charge in [0.2, 0.25) is 0 Å². The first-order chi connectivity index (χ1) is 15.3. The van der Waals surface area contributed by atoms with Crippen LogP contribution in [-0.4, -0.2) is 38.9 Å². The summed E-state index contributed by atoms with van der Waals surface area (Å²) in [5.41, 5.74) is 3.92. The maximum absolute atomic E-state index is 12.3. The third-order valence-corrected chi connectivity index (χ3v) is 4.51. The second kappa shape index (κ2) is 9.47. The normalized spacial score (nSPS) is 10.8. The van der Waals surface area contributed by atoms with E-state index in [9.17, 15) is 25.0 Å². The monoisotopic (exact) mass is 438 g/mol. The SMILES string of the molecule is COc1ccc(C=NNC(=O)c2ccc(C)c([N+](=O)[O-])c2)cc1Cn1cc([N+](=O)[O-])cn1. The van der Waals surface area contributed by atoms with Crippen molar-refractivity contribution >= 4 is 23.5 Å². The highest BCUT2D eigenvalue weighted by molar-refractivity contribution is 5.95. The Morgan fingerprint density at radius 2 is 2.00 bits per heavy atom. The van der Waals surface area contributed by atoms with E-state index >= 15 is 0 Å². The molecule has 1 heterocycles. The number of nitro benzene ring substituents is 1. The van der Waals surface area contributed by atoms with Crippen LogP contribution in [0.1, 0.15) is 27.0 Å². The molecule has 0 aliphatic carbocycles. The van der Waals surface area contributed by atoms with Crippen LogP contribution in [0.3, 0.4) is 0 Å². The van der Waals surface area contributed by atoms with Crippen molar-refractivity contribution in [3.8, 4) is 5.75 Å². The van der Waals surface area contributed by atoms with Gasteiger partial charge in [0.25, 0.3) is 11.6 Å². The van der Waals surface area contributed by atoms with Gasteiger partial charge in [-0.1, -0.05) is 6.07 Å². The molecule has 0 fully saturated rings. The van der Waals surface area contributed by atoms with E-state index in [-0.39, 0.29) is 23.5 Å². The van der Waals surface area contributed by atoms with Crippen LogP contribution in [0.15, 0.2) is 53.9 Å². The van der Waals surface area contributed by atoms with Crippen LogP contribution in [-0.2, 0) is 6.54 Å². The Balaban J connectivity index is 1.73. The van der Waals surface area contributed by atoms with Gasteiger partial charge in [0, 0.05) is 22.8 Å². The second-order valence-electron chi connectivity index (χ2n) is 6.68. The van der Waals surface area contributed by atoms with Gasteiger partial charge in [0.05, 0.1) is 29.7 Å². The number of hydrogen-bond donors (Lipinski definition) is 1. The first kappa shape index (κ1) is 22.1. The van der Waals surface area contributed by atoms with E-state index in [1.54, 1.807) is 25.1 Å². The zero-order valence-electron chi connectivity index (χ0n) is 17.1. The molecule has 12 heteroatoms. The third-order valence-electron chi connectivity index (χ3n) is 4.51. The minimum Gasteiger partial charge on any atom is -0.496 e. The summed E-state index contributed by atoms with van der Waals surface area (Å²) < 4.78 is 6.73. The van der Waals surface area contributed by atoms with Crippen LogP contribution in [0.5, 0.6) is 5.75 Å². The maximum Gasteiger partial charge on any atom is 0.307 e. The molecule has 1 N–H and O–H groups in total. The molecule has 0 spiro atoms. The molecule has 0 radical (unpaired) electrons. The molecule has 0 atom stereocenters. The predicted octanol–water partition coefficient (Wildman–Crippen LogP) is 2.83. The Hall–Kier alpha value is -4.61. The minimum atomic E-state index is -0.595. The number of hydrazone groups is 1. The fraction of sp³-hybridized carbons (Fsp3) is 0.150. The number of ether oxygens (including phenoxy) is 1. The third kappa shape index (κ3) is 5.11. The molecule has 1 amide bonds. The van der Waals surface area contributed by atoms with Crippen LogP contribution in [0.4, 0.5) is 11.4 Å². The van der Waals surface area contributed by atoms with Crippen molar-refractivity contribution in [2.75, 3.05) is 7.11 Å². The van der Waals surface area contributed by atoms with Gasteiger partial charge < -0.3 is 4.74 Å². The van der Waals surface area contributed by atoms with Crippen LogP contribution in [0, 0.1) is 27.2 Å². The first-order valence-corrected chi connectivity index (χ1v) is 9.20. The second-order valence-corrected chi connectivity index (χ2v) is 6.68. The predicted molar refractivity (Wildman–Crippen MR) is 114 cm³/mol. The average Bonchev–Trinajstić information content (AvgIpc) is 3.23. The summed E-state index contributed by atoms with van der Waals surface area (Å²) in [6.07, 6.45) is 3.86. The lowest BCUT2D eigenvalue weighted by Gasteiger charge is -2.09. The molecule has 1 aromatic heterocycles. The van der Waals surface area contributed by atoms with Gasteiger partial charge >= 0.3 is 5.69 Å². The van der Waals surface area contributed by atoms with Gasteiger partial charge in [0.1, 0.15) is 18.1 Å². The maximum atomic E-state index is 12.3. The summed E-state index contributed by atoms with van der Waals surface area (Å²) in [5, 5.41) is 29.7. The van der Waals surface area contributed by atoms with Gasteiger partial charge in [-0.25, -0.2) is 5.43 Å². The average molecular weight is 438 g/mol. The van der Waals surface area contributed by atoms with Crippen molar-refractivity contribution in [1.82, 2.24) is 15.2 Å². The van der Waals surface area contributed by atoms with Crippen molar-refractivity contribution in [2.45, 2.75) is 13.5 Å². The number of carbonyl (C=O) groups excluding carboxylic acids is 1. The number of benzene rings is 2. The fourth-order valence-corrected chi connectivity index (χ4v) is 2.89. The molecule has 0 aliphatic rings. The molecular formula is C20H18N6O6. The van der Waals surface area contributed by atoms with Gasteiger partial charge in [-0.2, -0.15) is 10.2 Å². The summed E-state index contributed by atoms with van der Waals surface area (Å²) in [4.78, 5) is 33.0. The highest BCUT2D eigenvalue weighted by Crippen LogP contribution is 2.22. The lowest BCUT2D eigenvalue weighted by atomic mass is 10.1. The zero-order valence-corrected chi connectivity index (χ0v) is 17.1. The Kier molecular flexibility index (Phi) is 6.53. The topological polar surface area (TPSA) is 155 Å². The fourth-order valence-electron chi connectivity index (χ4n) is 2.89. The standard InChI is InChI=1S/C20H18N6O6/c1-13-3-5-15(8-18(13)26(30)31)20(27)23-21-9-14-4-6-19(32-2)16(7-14)11-24-12-17(10-22-24)25(28)29/h3-10,12H,11H2,1-2H3,(H,23,27). The van der Waals surface area contributed by atoms with Gasteiger partial charge in [-0.05, 0) is 36.8 Å². The molecule has 2 aromatic carbocycles. The first-order valence-electron chi connectivity index (χ1n) is 9.20. The molecule has 164 valence electrons. The van der Waals surface area contributed by atoms with E-state index in [0.29, 0.717) is 22.4 Å². The van der Waals surface area contributed by atoms with Crippen LogP contribution in [0.2, 0.25) is 0 Å². The number of aryl methyl sites for hydroxylation is 1. The Labute approximate surface area is 181 Å². The summed E-state index contributed by atoms with van der Waals surface area (Å²) in [6.45, 7) is 1.80. The highest BCUT2D eigenvalue weighted by atomic mass is 16.6. The van der Waals surface area contributed by atoms with E-state index in [4.69, 9.17) is 4.74 Å². The molecule has 12 nitrogen and oxygen atoms in total. The zero-order chi connectivity index (χ0) is 23.3. The number of nitrogens with zero attached hydrogens (tertiary/aromatic N) is 5. The number of hydrogen-bond acceptors (Lipinski definition) is 8. The summed E-state index contributed by atoms with van der Waals surface area (Å²) in [7, 11) is 1.50.